The molecule has 0 amide bonds. The average molecular weight is 321 g/mol. The summed E-state index contributed by atoms with van der Waals surface area (Å²) in [6, 6.07) is 0. The normalized spacial score (nSPS) is 11.4. The smallest absolute Gasteiger partial charge is 0.224 e. The summed E-state index contributed by atoms with van der Waals surface area (Å²) in [5.74, 6) is 0.809. The Morgan fingerprint density at radius 3 is 2.39 bits per heavy atom. The molecular formula is C10H17BrN4O3. The summed E-state index contributed by atoms with van der Waals surface area (Å²) in [6.07, 6.45) is 1.55. The van der Waals surface area contributed by atoms with Crippen molar-refractivity contribution in [3.05, 3.63) is 10.7 Å². The molecule has 0 aromatic carbocycles. The van der Waals surface area contributed by atoms with E-state index in [1.807, 2.05) is 6.92 Å². The summed E-state index contributed by atoms with van der Waals surface area (Å²) < 4.78 is 0.573. The van der Waals surface area contributed by atoms with Gasteiger partial charge in [0.15, 0.2) is 0 Å². The molecule has 7 nitrogen and oxygen atoms in total. The highest BCUT2D eigenvalue weighted by Gasteiger charge is 2.29. The first kappa shape index (κ1) is 15.1. The Bertz CT molecular complexity index is 379. The minimum Gasteiger partial charge on any atom is -0.394 e. The standard InChI is InChI=1S/C10H17BrN4O3/c1-2-12-9-13-3-7(11)8(14-9)15-10(4-16,5-17)6-18/h3,16-18H,2,4-6H2,1H3,(H2,12,13,14,15). The van der Waals surface area contributed by atoms with Gasteiger partial charge in [0.2, 0.25) is 5.95 Å². The van der Waals surface area contributed by atoms with E-state index in [1.54, 1.807) is 6.20 Å². The number of hydrogen-bond acceptors (Lipinski definition) is 7. The molecule has 8 heteroatoms. The van der Waals surface area contributed by atoms with Crippen LogP contribution in [0.25, 0.3) is 0 Å². The van der Waals surface area contributed by atoms with Crippen LogP contribution in [0.15, 0.2) is 10.7 Å². The zero-order valence-electron chi connectivity index (χ0n) is 10.0. The van der Waals surface area contributed by atoms with Crippen molar-refractivity contribution in [1.82, 2.24) is 9.97 Å². The number of nitrogens with zero attached hydrogens (tertiary/aromatic N) is 2. The topological polar surface area (TPSA) is 111 Å². The van der Waals surface area contributed by atoms with Gasteiger partial charge in [-0.25, -0.2) is 4.98 Å². The molecule has 0 bridgehead atoms. The van der Waals surface area contributed by atoms with Crippen molar-refractivity contribution in [2.45, 2.75) is 12.5 Å². The van der Waals surface area contributed by atoms with Gasteiger partial charge in [-0.2, -0.15) is 4.98 Å². The Kier molecular flexibility index (Phi) is 5.73. The predicted octanol–water partition coefficient (Wildman–Crippen LogP) is -0.202. The maximum absolute atomic E-state index is 9.24. The molecule has 1 heterocycles. The van der Waals surface area contributed by atoms with E-state index in [4.69, 9.17) is 0 Å². The van der Waals surface area contributed by atoms with Crippen LogP contribution in [0.2, 0.25) is 0 Å². The van der Waals surface area contributed by atoms with Crippen LogP contribution in [0, 0.1) is 0 Å². The van der Waals surface area contributed by atoms with Crippen LogP contribution >= 0.6 is 15.9 Å². The number of nitrogens with one attached hydrogen (secondary N) is 2. The Balaban J connectivity index is 2.97. The van der Waals surface area contributed by atoms with Crippen LogP contribution in [0.3, 0.4) is 0 Å². The Morgan fingerprint density at radius 2 is 1.89 bits per heavy atom. The van der Waals surface area contributed by atoms with E-state index in [2.05, 4.69) is 36.5 Å². The third kappa shape index (κ3) is 3.52. The lowest BCUT2D eigenvalue weighted by atomic mass is 10.0. The second-order valence-corrected chi connectivity index (χ2v) is 4.65. The van der Waals surface area contributed by atoms with Crippen molar-refractivity contribution in [3.8, 4) is 0 Å². The lowest BCUT2D eigenvalue weighted by molar-refractivity contribution is 0.0830. The van der Waals surface area contributed by atoms with Crippen molar-refractivity contribution in [1.29, 1.82) is 0 Å². The molecule has 0 unspecified atom stereocenters. The summed E-state index contributed by atoms with van der Waals surface area (Å²) in [7, 11) is 0. The summed E-state index contributed by atoms with van der Waals surface area (Å²) in [4.78, 5) is 8.22. The molecule has 0 radical (unpaired) electrons. The third-order valence-corrected chi connectivity index (χ3v) is 2.95. The van der Waals surface area contributed by atoms with Gasteiger partial charge in [-0.15, -0.1) is 0 Å². The van der Waals surface area contributed by atoms with Gasteiger partial charge in [0.1, 0.15) is 11.4 Å². The second-order valence-electron chi connectivity index (χ2n) is 3.80. The third-order valence-electron chi connectivity index (χ3n) is 2.37. The molecule has 0 aliphatic heterocycles. The van der Waals surface area contributed by atoms with Crippen LogP contribution in [-0.4, -0.2) is 57.2 Å². The van der Waals surface area contributed by atoms with E-state index < -0.39 is 25.4 Å². The van der Waals surface area contributed by atoms with Gasteiger partial charge >= 0.3 is 0 Å². The van der Waals surface area contributed by atoms with E-state index in [-0.39, 0.29) is 0 Å². The molecule has 18 heavy (non-hydrogen) atoms. The van der Waals surface area contributed by atoms with E-state index >= 15 is 0 Å². The molecule has 0 saturated carbocycles. The number of rotatable bonds is 7. The molecule has 102 valence electrons. The van der Waals surface area contributed by atoms with Gasteiger partial charge in [0.05, 0.1) is 24.3 Å². The monoisotopic (exact) mass is 320 g/mol. The number of hydrogen-bond donors (Lipinski definition) is 5. The van der Waals surface area contributed by atoms with Crippen LogP contribution in [-0.2, 0) is 0 Å². The van der Waals surface area contributed by atoms with E-state index in [0.717, 1.165) is 0 Å². The Hall–Kier alpha value is -0.960. The molecule has 5 N–H and O–H groups in total. The maximum Gasteiger partial charge on any atom is 0.224 e. The van der Waals surface area contributed by atoms with Gasteiger partial charge in [-0.1, -0.05) is 0 Å². The first-order valence-corrected chi connectivity index (χ1v) is 6.27. The highest BCUT2D eigenvalue weighted by atomic mass is 79.9. The van der Waals surface area contributed by atoms with Crippen molar-refractivity contribution in [2.24, 2.45) is 0 Å². The fraction of sp³-hybridized carbons (Fsp3) is 0.600. The fourth-order valence-electron chi connectivity index (χ4n) is 1.22. The molecule has 0 saturated heterocycles. The molecule has 0 atom stereocenters. The van der Waals surface area contributed by atoms with Gasteiger partial charge in [-0.05, 0) is 22.9 Å². The van der Waals surface area contributed by atoms with Gasteiger partial charge < -0.3 is 26.0 Å². The molecule has 0 aliphatic rings. The maximum atomic E-state index is 9.24. The first-order chi connectivity index (χ1) is 8.60. The average Bonchev–Trinajstić information content (AvgIpc) is 2.40. The first-order valence-electron chi connectivity index (χ1n) is 5.48. The molecule has 0 fully saturated rings. The Labute approximate surface area is 113 Å². The van der Waals surface area contributed by atoms with Gasteiger partial charge in [0.25, 0.3) is 0 Å². The SMILES string of the molecule is CCNc1ncc(Br)c(NC(CO)(CO)CO)n1. The van der Waals surface area contributed by atoms with Crippen molar-refractivity contribution in [2.75, 3.05) is 37.0 Å². The minimum atomic E-state index is -1.22. The van der Waals surface area contributed by atoms with Crippen molar-refractivity contribution in [3.63, 3.8) is 0 Å². The molecule has 1 aromatic rings. The lowest BCUT2D eigenvalue weighted by Crippen LogP contribution is -2.49. The fourth-order valence-corrected chi connectivity index (χ4v) is 1.51. The number of halogens is 1. The van der Waals surface area contributed by atoms with Crippen molar-refractivity contribution < 1.29 is 15.3 Å². The molecule has 1 rings (SSSR count). The minimum absolute atomic E-state index is 0.387. The highest BCUT2D eigenvalue weighted by molar-refractivity contribution is 9.10. The van der Waals surface area contributed by atoms with Gasteiger partial charge in [0, 0.05) is 12.7 Å². The van der Waals surface area contributed by atoms with Crippen LogP contribution in [0.4, 0.5) is 11.8 Å². The summed E-state index contributed by atoms with van der Waals surface area (Å²) >= 11 is 3.26. The largest absolute Gasteiger partial charge is 0.394 e. The van der Waals surface area contributed by atoms with E-state index in [1.165, 1.54) is 0 Å². The van der Waals surface area contributed by atoms with E-state index in [0.29, 0.717) is 22.8 Å². The zero-order chi connectivity index (χ0) is 13.6. The quantitative estimate of drug-likeness (QED) is 0.473. The van der Waals surface area contributed by atoms with Crippen molar-refractivity contribution >= 4 is 27.7 Å². The summed E-state index contributed by atoms with van der Waals surface area (Å²) in [6.45, 7) is 1.32. The van der Waals surface area contributed by atoms with E-state index in [9.17, 15) is 15.3 Å². The Morgan fingerprint density at radius 1 is 1.28 bits per heavy atom. The molecule has 0 spiro atoms. The summed E-state index contributed by atoms with van der Waals surface area (Å²) in [5.41, 5.74) is -1.22. The predicted molar refractivity (Wildman–Crippen MR) is 71.5 cm³/mol. The van der Waals surface area contributed by atoms with Crippen LogP contribution in [0.5, 0.6) is 0 Å². The highest BCUT2D eigenvalue weighted by Crippen LogP contribution is 2.23. The number of aliphatic hydroxyl groups is 3. The molecule has 1 aromatic heterocycles. The molecular weight excluding hydrogens is 304 g/mol. The lowest BCUT2D eigenvalue weighted by Gasteiger charge is -2.29. The van der Waals surface area contributed by atoms with Gasteiger partial charge in [-0.3, -0.25) is 0 Å². The second kappa shape index (κ2) is 6.83. The van der Waals surface area contributed by atoms with Crippen LogP contribution in [0.1, 0.15) is 6.92 Å². The molecule has 0 aliphatic carbocycles. The zero-order valence-corrected chi connectivity index (χ0v) is 11.6. The van der Waals surface area contributed by atoms with Crippen LogP contribution < -0.4 is 10.6 Å². The number of anilines is 2. The number of aromatic nitrogens is 2. The summed E-state index contributed by atoms with van der Waals surface area (Å²) in [5, 5.41) is 33.5. The number of aliphatic hydroxyl groups excluding tert-OH is 3.